The van der Waals surface area contributed by atoms with Crippen LogP contribution < -0.4 is 11.1 Å². The topological polar surface area (TPSA) is 255 Å². The molecule has 0 spiro atoms. The molecule has 3 aromatic rings. The molecule has 15 nitrogen and oxygen atoms in total. The first-order chi connectivity index (χ1) is 17.1. The lowest BCUT2D eigenvalue weighted by Crippen LogP contribution is -2.42. The predicted molar refractivity (Wildman–Crippen MR) is 128 cm³/mol. The van der Waals surface area contributed by atoms with Gasteiger partial charge in [-0.25, -0.2) is 14.8 Å². The van der Waals surface area contributed by atoms with E-state index in [1.807, 2.05) is 42.8 Å². The van der Waals surface area contributed by atoms with E-state index in [-0.39, 0.29) is 12.2 Å². The zero-order chi connectivity index (χ0) is 28.5. The van der Waals surface area contributed by atoms with Crippen molar-refractivity contribution in [1.29, 1.82) is 0 Å². The van der Waals surface area contributed by atoms with E-state index in [1.54, 1.807) is 7.05 Å². The van der Waals surface area contributed by atoms with Crippen LogP contribution in [0.15, 0.2) is 24.3 Å². The molecule has 0 saturated heterocycles. The summed E-state index contributed by atoms with van der Waals surface area (Å²) in [5.41, 5.74) is 5.09. The van der Waals surface area contributed by atoms with Gasteiger partial charge in [-0.15, -0.1) is 0 Å². The number of para-hydroxylation sites is 1. The smallest absolute Gasteiger partial charge is 0.336 e. The molecule has 0 aliphatic carbocycles. The van der Waals surface area contributed by atoms with Crippen molar-refractivity contribution in [2.45, 2.75) is 25.4 Å². The van der Waals surface area contributed by atoms with Crippen molar-refractivity contribution in [3.63, 3.8) is 0 Å². The Bertz CT molecular complexity index is 1320. The van der Waals surface area contributed by atoms with E-state index in [9.17, 15) is 24.0 Å². The van der Waals surface area contributed by atoms with Crippen LogP contribution in [0.5, 0.6) is 0 Å². The summed E-state index contributed by atoms with van der Waals surface area (Å²) in [4.78, 5) is 60.2. The number of aryl methyl sites for hydroxylation is 2. The number of nitrogens with zero attached hydrogens (tertiary/aromatic N) is 3. The number of amides is 1. The van der Waals surface area contributed by atoms with Crippen LogP contribution in [-0.4, -0.2) is 89.0 Å². The van der Waals surface area contributed by atoms with Crippen LogP contribution in [0.1, 0.15) is 29.2 Å². The summed E-state index contributed by atoms with van der Waals surface area (Å²) in [7, 11) is 3.51. The van der Waals surface area contributed by atoms with Crippen molar-refractivity contribution in [3.05, 3.63) is 35.8 Å². The largest absolute Gasteiger partial charge is 0.481 e. The van der Waals surface area contributed by atoms with Crippen LogP contribution in [0.4, 0.5) is 0 Å². The van der Waals surface area contributed by atoms with E-state index >= 15 is 0 Å². The molecule has 200 valence electrons. The first-order valence-electron chi connectivity index (χ1n) is 10.4. The average Bonchev–Trinajstić information content (AvgIpc) is 3.07. The van der Waals surface area contributed by atoms with E-state index in [4.69, 9.17) is 31.3 Å². The van der Waals surface area contributed by atoms with Crippen LogP contribution in [0.3, 0.4) is 0 Å². The number of carbonyl (C=O) groups excluding carboxylic acids is 1. The molecule has 37 heavy (non-hydrogen) atoms. The summed E-state index contributed by atoms with van der Waals surface area (Å²) in [6.07, 6.45) is -2.29. The number of rotatable bonds is 8. The predicted octanol–water partition coefficient (Wildman–Crippen LogP) is -0.429. The number of nitrogens with one attached hydrogen (secondary N) is 1. The molecule has 0 aliphatic rings. The summed E-state index contributed by atoms with van der Waals surface area (Å²) in [5.74, 6) is -5.57. The van der Waals surface area contributed by atoms with Gasteiger partial charge in [-0.05, 0) is 20.0 Å². The van der Waals surface area contributed by atoms with Gasteiger partial charge in [0.1, 0.15) is 11.3 Å². The maximum Gasteiger partial charge on any atom is 0.336 e. The molecule has 0 bridgehead atoms. The highest BCUT2D eigenvalue weighted by atomic mass is 16.4. The lowest BCUT2D eigenvalue weighted by Gasteiger charge is -2.18. The van der Waals surface area contributed by atoms with Gasteiger partial charge < -0.3 is 41.2 Å². The molecule has 1 aromatic carbocycles. The van der Waals surface area contributed by atoms with E-state index < -0.39 is 48.2 Å². The number of primary amides is 1. The molecular formula is C22H27N5O10. The molecule has 0 radical (unpaired) electrons. The fourth-order valence-electron chi connectivity index (χ4n) is 3.07. The summed E-state index contributed by atoms with van der Waals surface area (Å²) in [5, 5.41) is 45.1. The van der Waals surface area contributed by atoms with Gasteiger partial charge >= 0.3 is 23.9 Å². The molecule has 0 unspecified atom stereocenters. The second-order valence-electron chi connectivity index (χ2n) is 7.66. The Hall–Kier alpha value is -4.63. The number of aliphatic carboxylic acids is 4. The number of pyridine rings is 1. The summed E-state index contributed by atoms with van der Waals surface area (Å²) in [6.45, 7) is 1.93. The Morgan fingerprint density at radius 2 is 1.51 bits per heavy atom. The molecule has 0 saturated carbocycles. The first-order valence-corrected chi connectivity index (χ1v) is 10.4. The molecule has 0 atom stereocenters. The average molecular weight is 521 g/mol. The quantitative estimate of drug-likeness (QED) is 0.199. The van der Waals surface area contributed by atoms with E-state index in [0.717, 1.165) is 22.2 Å². The van der Waals surface area contributed by atoms with Gasteiger partial charge in [-0.3, -0.25) is 19.2 Å². The minimum Gasteiger partial charge on any atom is -0.481 e. The molecule has 3 rings (SSSR count). The van der Waals surface area contributed by atoms with Crippen LogP contribution >= 0.6 is 0 Å². The number of hydrogen-bond acceptors (Lipinski definition) is 9. The van der Waals surface area contributed by atoms with Gasteiger partial charge in [0.25, 0.3) is 5.91 Å². The van der Waals surface area contributed by atoms with E-state index in [1.165, 1.54) is 0 Å². The third-order valence-corrected chi connectivity index (χ3v) is 4.78. The van der Waals surface area contributed by atoms with Gasteiger partial charge in [0, 0.05) is 12.4 Å². The number of fused-ring (bicyclic) bond motifs is 3. The number of hydrogen-bond donors (Lipinski definition) is 7. The third kappa shape index (κ3) is 8.22. The summed E-state index contributed by atoms with van der Waals surface area (Å²) in [6, 6.07) is 7.66. The van der Waals surface area contributed by atoms with Crippen molar-refractivity contribution in [2.24, 2.45) is 12.8 Å². The summed E-state index contributed by atoms with van der Waals surface area (Å²) < 4.78 is 1.95. The number of carbonyl (C=O) groups is 5. The zero-order valence-electron chi connectivity index (χ0n) is 20.1. The number of carboxylic acid groups (broad SMARTS) is 4. The number of aromatic nitrogens is 3. The number of nitrogens with two attached hydrogens (primary N) is 1. The molecule has 2 heterocycles. The zero-order valence-corrected chi connectivity index (χ0v) is 20.1. The fourth-order valence-corrected chi connectivity index (χ4v) is 3.07. The minimum atomic E-state index is -2.74. The highest BCUT2D eigenvalue weighted by molar-refractivity contribution is 6.11. The van der Waals surface area contributed by atoms with Crippen molar-refractivity contribution in [2.75, 3.05) is 13.6 Å². The molecule has 0 aliphatic heterocycles. The Morgan fingerprint density at radius 3 is 1.92 bits per heavy atom. The number of likely N-dealkylation sites (N-methyl/N-ethyl adjacent to an activating group) is 1. The van der Waals surface area contributed by atoms with Gasteiger partial charge in [0.15, 0.2) is 11.3 Å². The number of benzene rings is 1. The molecule has 1 amide bonds. The summed E-state index contributed by atoms with van der Waals surface area (Å²) >= 11 is 0. The van der Waals surface area contributed by atoms with Crippen molar-refractivity contribution in [3.8, 4) is 0 Å². The molecule has 15 heteroatoms. The highest BCUT2D eigenvalue weighted by Crippen LogP contribution is 2.26. The molecule has 0 fully saturated rings. The second kappa shape index (κ2) is 12.9. The molecular weight excluding hydrogens is 494 g/mol. The van der Waals surface area contributed by atoms with Gasteiger partial charge in [0.2, 0.25) is 0 Å². The third-order valence-electron chi connectivity index (χ3n) is 4.78. The Balaban J connectivity index is 0.000000317. The lowest BCUT2D eigenvalue weighted by atomic mass is 9.96. The highest BCUT2D eigenvalue weighted by Gasteiger charge is 2.40. The van der Waals surface area contributed by atoms with Crippen LogP contribution in [-0.2, 0) is 26.2 Å². The Labute approximate surface area is 209 Å². The normalized spacial score (nSPS) is 10.6. The standard InChI is InChI=1S/C13H12N4O.C6H8O7.C3H7NO2/c1-7-15-10-11(13(14)18)16-9-6-4-3-5-8(9)12(10)17(7)2;7-3(8)1-6(13,5(11)12)2-4(9)10;1-4-2-3(5)6/h3-6H,1-2H3,(H2,14,18);13H,1-2H2,(H,7,8)(H,9,10)(H,11,12);4H,2H2,1H3,(H,5,6). The van der Waals surface area contributed by atoms with Gasteiger partial charge in [0.05, 0.1) is 30.4 Å². The monoisotopic (exact) mass is 521 g/mol. The maximum absolute atomic E-state index is 11.5. The maximum atomic E-state index is 11.5. The van der Waals surface area contributed by atoms with Crippen LogP contribution in [0.2, 0.25) is 0 Å². The van der Waals surface area contributed by atoms with E-state index in [0.29, 0.717) is 5.52 Å². The van der Waals surface area contributed by atoms with Crippen molar-refractivity contribution < 1.29 is 49.5 Å². The molecule has 8 N–H and O–H groups in total. The van der Waals surface area contributed by atoms with Crippen molar-refractivity contribution >= 4 is 51.7 Å². The number of aliphatic hydroxyl groups is 1. The number of carboxylic acids is 4. The molecule has 2 aromatic heterocycles. The van der Waals surface area contributed by atoms with Gasteiger partial charge in [-0.2, -0.15) is 0 Å². The van der Waals surface area contributed by atoms with Gasteiger partial charge in [-0.1, -0.05) is 18.2 Å². The lowest BCUT2D eigenvalue weighted by molar-refractivity contribution is -0.170. The number of imidazole rings is 1. The van der Waals surface area contributed by atoms with Crippen LogP contribution in [0.25, 0.3) is 21.9 Å². The second-order valence-corrected chi connectivity index (χ2v) is 7.66. The Morgan fingerprint density at radius 1 is 0.973 bits per heavy atom. The minimum absolute atomic E-state index is 0.0417. The van der Waals surface area contributed by atoms with E-state index in [2.05, 4.69) is 15.3 Å². The van der Waals surface area contributed by atoms with Crippen molar-refractivity contribution in [1.82, 2.24) is 19.9 Å². The van der Waals surface area contributed by atoms with Crippen LogP contribution in [0, 0.1) is 6.92 Å². The first kappa shape index (κ1) is 30.4. The SMILES string of the molecule is CNCC(=O)O.Cc1nc2c(C(N)=O)nc3ccccc3c2n1C.O=C(O)CC(O)(CC(=O)O)C(=O)O. The Kier molecular flexibility index (Phi) is 10.6. The fraction of sp³-hybridized carbons (Fsp3) is 0.318.